The van der Waals surface area contributed by atoms with Gasteiger partial charge in [-0.05, 0) is 26.0 Å². The van der Waals surface area contributed by atoms with Crippen molar-refractivity contribution in [1.82, 2.24) is 0 Å². The lowest BCUT2D eigenvalue weighted by atomic mass is 10.1. The molecule has 2 rings (SSSR count). The molecule has 108 valence electrons. The molecule has 0 unspecified atom stereocenters. The summed E-state index contributed by atoms with van der Waals surface area (Å²) in [6.45, 7) is 4.41. The second kappa shape index (κ2) is 7.29. The topological polar surface area (TPSA) is 38.3 Å². The number of carbonyl (C=O) groups excluding carboxylic acids is 1. The van der Waals surface area contributed by atoms with E-state index in [1.54, 1.807) is 18.2 Å². The molecule has 3 heteroatoms. The Morgan fingerprint density at radius 2 is 1.76 bits per heavy atom. The molecule has 3 nitrogen and oxygen atoms in total. The van der Waals surface area contributed by atoms with E-state index in [0.29, 0.717) is 12.2 Å². The lowest BCUT2D eigenvalue weighted by molar-refractivity contribution is 0.104. The van der Waals surface area contributed by atoms with E-state index < -0.39 is 0 Å². The van der Waals surface area contributed by atoms with Crippen molar-refractivity contribution in [2.75, 3.05) is 11.9 Å². The summed E-state index contributed by atoms with van der Waals surface area (Å²) in [5, 5.41) is 3.21. The molecule has 1 N–H and O–H groups in total. The van der Waals surface area contributed by atoms with Gasteiger partial charge in [0.1, 0.15) is 5.75 Å². The fourth-order valence-corrected chi connectivity index (χ4v) is 1.98. The van der Waals surface area contributed by atoms with Crippen LogP contribution in [-0.4, -0.2) is 12.4 Å². The van der Waals surface area contributed by atoms with Gasteiger partial charge in [0.2, 0.25) is 0 Å². The Morgan fingerprint density at radius 1 is 1.10 bits per heavy atom. The number of nitrogens with one attached hydrogen (secondary N) is 1. The van der Waals surface area contributed by atoms with Crippen molar-refractivity contribution in [1.29, 1.82) is 0 Å². The fourth-order valence-electron chi connectivity index (χ4n) is 1.98. The quantitative estimate of drug-likeness (QED) is 0.634. The van der Waals surface area contributed by atoms with Crippen LogP contribution in [0, 0.1) is 0 Å². The maximum absolute atomic E-state index is 12.1. The van der Waals surface area contributed by atoms with Crippen molar-refractivity contribution < 1.29 is 9.53 Å². The fraction of sp³-hybridized carbons (Fsp3) is 0.167. The molecule has 0 fully saturated rings. The molecule has 0 aliphatic carbocycles. The van der Waals surface area contributed by atoms with Gasteiger partial charge in [0.05, 0.1) is 12.3 Å². The van der Waals surface area contributed by atoms with E-state index in [0.717, 1.165) is 17.1 Å². The molecule has 21 heavy (non-hydrogen) atoms. The van der Waals surface area contributed by atoms with Crippen LogP contribution in [-0.2, 0) is 0 Å². The van der Waals surface area contributed by atoms with Crippen LogP contribution in [0.25, 0.3) is 0 Å². The molecule has 0 radical (unpaired) electrons. The highest BCUT2D eigenvalue weighted by molar-refractivity contribution is 6.05. The van der Waals surface area contributed by atoms with E-state index in [1.807, 2.05) is 56.3 Å². The van der Waals surface area contributed by atoms with Gasteiger partial charge in [0.15, 0.2) is 5.78 Å². The largest absolute Gasteiger partial charge is 0.492 e. The Bertz CT molecular complexity index is 633. The number of carbonyl (C=O) groups is 1. The average Bonchev–Trinajstić information content (AvgIpc) is 2.50. The summed E-state index contributed by atoms with van der Waals surface area (Å²) in [5.41, 5.74) is 2.31. The van der Waals surface area contributed by atoms with Gasteiger partial charge < -0.3 is 10.1 Å². The maximum Gasteiger partial charge on any atom is 0.187 e. The van der Waals surface area contributed by atoms with Crippen molar-refractivity contribution >= 4 is 11.5 Å². The highest BCUT2D eigenvalue weighted by atomic mass is 16.5. The molecule has 0 saturated carbocycles. The number of hydrogen-bond acceptors (Lipinski definition) is 3. The number of anilines is 1. The summed E-state index contributed by atoms with van der Waals surface area (Å²) in [4.78, 5) is 12.1. The first kappa shape index (κ1) is 14.9. The van der Waals surface area contributed by atoms with Crippen LogP contribution in [0.3, 0.4) is 0 Å². The minimum atomic E-state index is -0.0190. The van der Waals surface area contributed by atoms with Gasteiger partial charge >= 0.3 is 0 Å². The van der Waals surface area contributed by atoms with Crippen LogP contribution in [0.15, 0.2) is 66.4 Å². The van der Waals surface area contributed by atoms with Crippen molar-refractivity contribution in [2.45, 2.75) is 13.8 Å². The molecule has 2 aromatic carbocycles. The van der Waals surface area contributed by atoms with E-state index >= 15 is 0 Å². The summed E-state index contributed by atoms with van der Waals surface area (Å²) in [7, 11) is 0. The lowest BCUT2D eigenvalue weighted by Crippen LogP contribution is -2.03. The van der Waals surface area contributed by atoms with Crippen LogP contribution in [0.1, 0.15) is 24.2 Å². The van der Waals surface area contributed by atoms with Gasteiger partial charge in [-0.15, -0.1) is 0 Å². The minimum absolute atomic E-state index is 0.0190. The first-order chi connectivity index (χ1) is 10.2. The summed E-state index contributed by atoms with van der Waals surface area (Å²) in [6, 6.07) is 16.9. The van der Waals surface area contributed by atoms with E-state index in [9.17, 15) is 4.79 Å². The summed E-state index contributed by atoms with van der Waals surface area (Å²) in [6.07, 6.45) is 1.60. The Morgan fingerprint density at radius 3 is 2.48 bits per heavy atom. The number of rotatable bonds is 6. The predicted octanol–water partition coefficient (Wildman–Crippen LogP) is 4.28. The molecular weight excluding hydrogens is 262 g/mol. The second-order valence-electron chi connectivity index (χ2n) is 4.61. The SMILES string of the molecule is CCOc1ccccc1NC(C)=CC(=O)c1ccccc1. The number of ether oxygens (including phenoxy) is 1. The van der Waals surface area contributed by atoms with Crippen molar-refractivity contribution in [3.63, 3.8) is 0 Å². The van der Waals surface area contributed by atoms with E-state index in [1.165, 1.54) is 0 Å². The Labute approximate surface area is 125 Å². The highest BCUT2D eigenvalue weighted by Gasteiger charge is 2.05. The average molecular weight is 281 g/mol. The smallest absolute Gasteiger partial charge is 0.187 e. The number of hydrogen-bond donors (Lipinski definition) is 1. The van der Waals surface area contributed by atoms with Crippen LogP contribution in [0.2, 0.25) is 0 Å². The second-order valence-corrected chi connectivity index (χ2v) is 4.61. The van der Waals surface area contributed by atoms with Gasteiger partial charge in [-0.2, -0.15) is 0 Å². The first-order valence-corrected chi connectivity index (χ1v) is 6.97. The van der Waals surface area contributed by atoms with E-state index in [4.69, 9.17) is 4.74 Å². The van der Waals surface area contributed by atoms with Gasteiger partial charge in [0.25, 0.3) is 0 Å². The molecule has 0 spiro atoms. The van der Waals surface area contributed by atoms with Gasteiger partial charge in [0, 0.05) is 17.3 Å². The third-order valence-electron chi connectivity index (χ3n) is 2.92. The number of para-hydroxylation sites is 2. The maximum atomic E-state index is 12.1. The minimum Gasteiger partial charge on any atom is -0.492 e. The summed E-state index contributed by atoms with van der Waals surface area (Å²) >= 11 is 0. The summed E-state index contributed by atoms with van der Waals surface area (Å²) < 4.78 is 5.55. The molecule has 0 heterocycles. The normalized spacial score (nSPS) is 11.0. The van der Waals surface area contributed by atoms with Gasteiger partial charge in [-0.3, -0.25) is 4.79 Å². The first-order valence-electron chi connectivity index (χ1n) is 6.97. The van der Waals surface area contributed by atoms with Crippen LogP contribution in [0.4, 0.5) is 5.69 Å². The van der Waals surface area contributed by atoms with Crippen molar-refractivity contribution in [2.24, 2.45) is 0 Å². The van der Waals surface area contributed by atoms with Crippen LogP contribution in [0.5, 0.6) is 5.75 Å². The lowest BCUT2D eigenvalue weighted by Gasteiger charge is -2.12. The molecule has 0 saturated heterocycles. The summed E-state index contributed by atoms with van der Waals surface area (Å²) in [5.74, 6) is 0.759. The van der Waals surface area contributed by atoms with Crippen LogP contribution >= 0.6 is 0 Å². The Balaban J connectivity index is 2.12. The molecular formula is C18H19NO2. The van der Waals surface area contributed by atoms with Crippen molar-refractivity contribution in [3.8, 4) is 5.75 Å². The van der Waals surface area contributed by atoms with Crippen LogP contribution < -0.4 is 10.1 Å². The number of benzene rings is 2. The molecule has 0 atom stereocenters. The highest BCUT2D eigenvalue weighted by Crippen LogP contribution is 2.25. The Hall–Kier alpha value is -2.55. The predicted molar refractivity (Wildman–Crippen MR) is 85.8 cm³/mol. The number of ketones is 1. The monoisotopic (exact) mass is 281 g/mol. The van der Waals surface area contributed by atoms with E-state index in [2.05, 4.69) is 5.32 Å². The molecule has 0 aliphatic rings. The van der Waals surface area contributed by atoms with Gasteiger partial charge in [-0.25, -0.2) is 0 Å². The third-order valence-corrected chi connectivity index (χ3v) is 2.92. The molecule has 0 aromatic heterocycles. The zero-order chi connectivity index (χ0) is 15.1. The van der Waals surface area contributed by atoms with E-state index in [-0.39, 0.29) is 5.78 Å². The standard InChI is InChI=1S/C18H19NO2/c1-3-21-18-12-8-7-11-16(18)19-14(2)13-17(20)15-9-5-4-6-10-15/h4-13,19H,3H2,1-2H3. The Kier molecular flexibility index (Phi) is 5.16. The molecule has 0 aliphatic heterocycles. The molecule has 2 aromatic rings. The molecule has 0 amide bonds. The van der Waals surface area contributed by atoms with Crippen molar-refractivity contribution in [3.05, 3.63) is 71.9 Å². The zero-order valence-corrected chi connectivity index (χ0v) is 12.3. The zero-order valence-electron chi connectivity index (χ0n) is 12.3. The van der Waals surface area contributed by atoms with Gasteiger partial charge in [-0.1, -0.05) is 42.5 Å². The molecule has 0 bridgehead atoms. The number of allylic oxidation sites excluding steroid dienone is 2. The third kappa shape index (κ3) is 4.21.